The Balaban J connectivity index is 2.20. The number of aryl methyl sites for hydroxylation is 1. The summed E-state index contributed by atoms with van der Waals surface area (Å²) in [6.45, 7) is 6.12. The van der Waals surface area contributed by atoms with Crippen LogP contribution in [0.2, 0.25) is 0 Å². The predicted molar refractivity (Wildman–Crippen MR) is 103 cm³/mol. The van der Waals surface area contributed by atoms with Crippen LogP contribution in [-0.2, 0) is 21.3 Å². The van der Waals surface area contributed by atoms with E-state index in [0.29, 0.717) is 5.56 Å². The van der Waals surface area contributed by atoms with E-state index in [1.807, 2.05) is 25.3 Å². The van der Waals surface area contributed by atoms with Crippen LogP contribution in [0.15, 0.2) is 29.2 Å². The molecule has 0 amide bonds. The van der Waals surface area contributed by atoms with Crippen LogP contribution in [0.4, 0.5) is 0 Å². The number of rotatable bonds is 8. The standard InChI is InChI=1S/C19H24N2O6S/c1-5-8-21-12(2)9-15(13(21)3)17(22)11-27-19(23)16-10-14(28(20,24)25)6-7-18(16)26-4/h6-7,9-10H,5,8,11H2,1-4H3,(H2,20,24,25). The van der Waals surface area contributed by atoms with Gasteiger partial charge in [0.1, 0.15) is 11.3 Å². The van der Waals surface area contributed by atoms with Crippen molar-refractivity contribution in [2.75, 3.05) is 13.7 Å². The van der Waals surface area contributed by atoms with Crippen molar-refractivity contribution in [3.05, 3.63) is 46.8 Å². The molecule has 28 heavy (non-hydrogen) atoms. The summed E-state index contributed by atoms with van der Waals surface area (Å²) >= 11 is 0. The zero-order valence-corrected chi connectivity index (χ0v) is 17.1. The number of esters is 1. The van der Waals surface area contributed by atoms with Crippen molar-refractivity contribution in [3.63, 3.8) is 0 Å². The van der Waals surface area contributed by atoms with Gasteiger partial charge in [-0.15, -0.1) is 0 Å². The number of nitrogens with zero attached hydrogens (tertiary/aromatic N) is 1. The minimum absolute atomic E-state index is 0.117. The molecule has 9 heteroatoms. The summed E-state index contributed by atoms with van der Waals surface area (Å²) < 4.78 is 35.2. The monoisotopic (exact) mass is 408 g/mol. The fourth-order valence-electron chi connectivity index (χ4n) is 2.96. The lowest BCUT2D eigenvalue weighted by atomic mass is 10.1. The lowest BCUT2D eigenvalue weighted by Gasteiger charge is -2.10. The number of carbonyl (C=O) groups excluding carboxylic acids is 2. The Morgan fingerprint density at radius 3 is 2.39 bits per heavy atom. The molecule has 152 valence electrons. The molecule has 0 aliphatic rings. The molecule has 0 saturated carbocycles. The van der Waals surface area contributed by atoms with Crippen molar-refractivity contribution in [2.45, 2.75) is 38.6 Å². The zero-order valence-electron chi connectivity index (χ0n) is 16.3. The Bertz CT molecular complexity index is 1010. The fourth-order valence-corrected chi connectivity index (χ4v) is 3.50. The van der Waals surface area contributed by atoms with Gasteiger partial charge in [0.15, 0.2) is 6.61 Å². The third-order valence-corrected chi connectivity index (χ3v) is 5.29. The molecule has 0 fully saturated rings. The fraction of sp³-hybridized carbons (Fsp3) is 0.368. The van der Waals surface area contributed by atoms with Gasteiger partial charge in [0.05, 0.1) is 12.0 Å². The van der Waals surface area contributed by atoms with Gasteiger partial charge in [-0.25, -0.2) is 18.4 Å². The largest absolute Gasteiger partial charge is 0.496 e. The van der Waals surface area contributed by atoms with Gasteiger partial charge in [0.2, 0.25) is 15.8 Å². The molecular weight excluding hydrogens is 384 g/mol. The van der Waals surface area contributed by atoms with Crippen LogP contribution in [0.25, 0.3) is 0 Å². The number of primary sulfonamides is 1. The average Bonchev–Trinajstić information content (AvgIpc) is 2.93. The number of Topliss-reactive ketones (excluding diaryl/α,β-unsaturated/α-hetero) is 1. The van der Waals surface area contributed by atoms with Crippen molar-refractivity contribution in [1.82, 2.24) is 4.57 Å². The molecule has 0 atom stereocenters. The SMILES string of the molecule is CCCn1c(C)cc(C(=O)COC(=O)c2cc(S(N)(=O)=O)ccc2OC)c1C. The molecule has 1 aromatic heterocycles. The Kier molecular flexibility index (Phi) is 6.63. The summed E-state index contributed by atoms with van der Waals surface area (Å²) in [6, 6.07) is 5.35. The molecule has 2 rings (SSSR count). The molecule has 1 aromatic carbocycles. The molecule has 0 aliphatic heterocycles. The highest BCUT2D eigenvalue weighted by atomic mass is 32.2. The van der Waals surface area contributed by atoms with Crippen molar-refractivity contribution in [1.29, 1.82) is 0 Å². The third-order valence-electron chi connectivity index (χ3n) is 4.38. The second-order valence-electron chi connectivity index (χ2n) is 6.34. The maximum atomic E-state index is 12.5. The molecule has 0 aliphatic carbocycles. The maximum absolute atomic E-state index is 12.5. The molecule has 8 nitrogen and oxygen atoms in total. The number of carbonyl (C=O) groups is 2. The summed E-state index contributed by atoms with van der Waals surface area (Å²) in [7, 11) is -2.67. The summed E-state index contributed by atoms with van der Waals surface area (Å²) in [4.78, 5) is 24.7. The summed E-state index contributed by atoms with van der Waals surface area (Å²) in [5, 5.41) is 5.10. The Morgan fingerprint density at radius 2 is 1.82 bits per heavy atom. The first kappa shape index (κ1) is 21.6. The second kappa shape index (κ2) is 8.57. The number of aromatic nitrogens is 1. The molecule has 0 radical (unpaired) electrons. The van der Waals surface area contributed by atoms with Gasteiger partial charge >= 0.3 is 5.97 Å². The third kappa shape index (κ3) is 4.60. The number of hydrogen-bond donors (Lipinski definition) is 1. The van der Waals surface area contributed by atoms with Gasteiger partial charge in [-0.3, -0.25) is 4.79 Å². The number of sulfonamides is 1. The van der Waals surface area contributed by atoms with E-state index in [0.717, 1.165) is 30.4 Å². The first-order chi connectivity index (χ1) is 13.1. The number of hydrogen-bond acceptors (Lipinski definition) is 6. The van der Waals surface area contributed by atoms with Crippen molar-refractivity contribution in [2.24, 2.45) is 5.14 Å². The minimum atomic E-state index is -4.00. The van der Waals surface area contributed by atoms with Crippen molar-refractivity contribution < 1.29 is 27.5 Å². The highest BCUT2D eigenvalue weighted by molar-refractivity contribution is 7.89. The molecule has 0 unspecified atom stereocenters. The Labute approximate surface area is 164 Å². The van der Waals surface area contributed by atoms with Crippen LogP contribution < -0.4 is 9.88 Å². The van der Waals surface area contributed by atoms with Gasteiger partial charge in [-0.05, 0) is 44.5 Å². The Morgan fingerprint density at radius 1 is 1.14 bits per heavy atom. The number of methoxy groups -OCH3 is 1. The van der Waals surface area contributed by atoms with E-state index in [1.165, 1.54) is 19.2 Å². The average molecular weight is 408 g/mol. The second-order valence-corrected chi connectivity index (χ2v) is 7.90. The molecule has 0 saturated heterocycles. The van der Waals surface area contributed by atoms with Gasteiger partial charge in [0.25, 0.3) is 0 Å². The van der Waals surface area contributed by atoms with Gasteiger partial charge in [-0.2, -0.15) is 0 Å². The highest BCUT2D eigenvalue weighted by Gasteiger charge is 2.21. The van der Waals surface area contributed by atoms with Crippen LogP contribution in [-0.4, -0.2) is 38.5 Å². The van der Waals surface area contributed by atoms with E-state index in [9.17, 15) is 18.0 Å². The minimum Gasteiger partial charge on any atom is -0.496 e. The summed E-state index contributed by atoms with van der Waals surface area (Å²) in [5.74, 6) is -1.10. The van der Waals surface area contributed by atoms with Crippen LogP contribution in [0.3, 0.4) is 0 Å². The van der Waals surface area contributed by atoms with Crippen LogP contribution in [0.1, 0.15) is 45.4 Å². The van der Waals surface area contributed by atoms with E-state index in [4.69, 9.17) is 14.6 Å². The number of benzene rings is 1. The number of ketones is 1. The highest BCUT2D eigenvalue weighted by Crippen LogP contribution is 2.23. The quantitative estimate of drug-likeness (QED) is 0.528. The van der Waals surface area contributed by atoms with Gasteiger partial charge in [-0.1, -0.05) is 6.92 Å². The normalized spacial score (nSPS) is 11.3. The predicted octanol–water partition coefficient (Wildman–Crippen LogP) is 2.21. The molecule has 2 N–H and O–H groups in total. The number of nitrogens with two attached hydrogens (primary N) is 1. The van der Waals surface area contributed by atoms with Crippen LogP contribution in [0, 0.1) is 13.8 Å². The van der Waals surface area contributed by atoms with Crippen LogP contribution >= 0.6 is 0 Å². The van der Waals surface area contributed by atoms with Crippen molar-refractivity contribution >= 4 is 21.8 Å². The summed E-state index contributed by atoms with van der Waals surface area (Å²) in [5.41, 5.74) is 2.13. The van der Waals surface area contributed by atoms with Crippen LogP contribution in [0.5, 0.6) is 5.75 Å². The van der Waals surface area contributed by atoms with E-state index >= 15 is 0 Å². The summed E-state index contributed by atoms with van der Waals surface area (Å²) in [6.07, 6.45) is 0.930. The number of ether oxygens (including phenoxy) is 2. The molecule has 1 heterocycles. The molecular formula is C19H24N2O6S. The lowest BCUT2D eigenvalue weighted by Crippen LogP contribution is -2.17. The smallest absolute Gasteiger partial charge is 0.342 e. The molecule has 0 spiro atoms. The Hall–Kier alpha value is -2.65. The van der Waals surface area contributed by atoms with E-state index in [-0.39, 0.29) is 22.0 Å². The van der Waals surface area contributed by atoms with E-state index in [2.05, 4.69) is 0 Å². The van der Waals surface area contributed by atoms with Gasteiger partial charge in [0, 0.05) is 23.5 Å². The van der Waals surface area contributed by atoms with Gasteiger partial charge < -0.3 is 14.0 Å². The topological polar surface area (TPSA) is 118 Å². The molecule has 0 bridgehead atoms. The van der Waals surface area contributed by atoms with Crippen molar-refractivity contribution in [3.8, 4) is 5.75 Å². The molecule has 2 aromatic rings. The van der Waals surface area contributed by atoms with E-state index in [1.54, 1.807) is 6.07 Å². The zero-order chi connectivity index (χ0) is 21.1. The maximum Gasteiger partial charge on any atom is 0.342 e. The first-order valence-electron chi connectivity index (χ1n) is 8.68. The van der Waals surface area contributed by atoms with E-state index < -0.39 is 22.6 Å². The first-order valence-corrected chi connectivity index (χ1v) is 10.2. The lowest BCUT2D eigenvalue weighted by molar-refractivity contribution is 0.0471.